The molecule has 0 amide bonds. The van der Waals surface area contributed by atoms with Gasteiger partial charge in [-0.15, -0.1) is 0 Å². The molecule has 14 heteroatoms. The molecule has 0 fully saturated rings. The standard InChI is InChI=1S/C58H52Ge2N2O10/c1-59(2,3)35-15-23-39(24-16-35)61(47-49(63)53(67)57(71)54(68)50(47)64)37-19-7-31(8-20-37)41-27-11-33-14-30-44-42(28-12-34-13-29-43(41)45(33)46(34)44)32-9-21-38(22-10-32)62(40-25-17-36(18-26-40)60(4,5)6)48-51(65)55(69)58(72)56(70)52(48)66/h7-30,63-72H,1-6H3. The third-order valence-corrected chi connectivity index (χ3v) is 22.3. The first-order valence-electron chi connectivity index (χ1n) is 23.3. The zero-order valence-corrected chi connectivity index (χ0v) is 44.4. The van der Waals surface area contributed by atoms with Crippen molar-refractivity contribution in [3.05, 3.63) is 146 Å². The first kappa shape index (κ1) is 47.6. The molecule has 0 radical (unpaired) electrons. The number of anilines is 6. The van der Waals surface area contributed by atoms with Gasteiger partial charge in [0, 0.05) is 0 Å². The Labute approximate surface area is 420 Å². The summed E-state index contributed by atoms with van der Waals surface area (Å²) < 4.78 is 2.44. The molecule has 0 unspecified atom stereocenters. The molecule has 72 heavy (non-hydrogen) atoms. The summed E-state index contributed by atoms with van der Waals surface area (Å²) in [4.78, 5) is 3.04. The average Bonchev–Trinajstić information content (AvgIpc) is 3.37. The topological polar surface area (TPSA) is 209 Å². The molecule has 12 nitrogen and oxygen atoms in total. The van der Waals surface area contributed by atoms with Gasteiger partial charge in [0.05, 0.1) is 0 Å². The fourth-order valence-electron chi connectivity index (χ4n) is 9.69. The summed E-state index contributed by atoms with van der Waals surface area (Å²) >= 11 is -4.51. The van der Waals surface area contributed by atoms with Crippen molar-refractivity contribution in [2.24, 2.45) is 0 Å². The van der Waals surface area contributed by atoms with E-state index in [4.69, 9.17) is 0 Å². The Morgan fingerprint density at radius 2 is 0.528 bits per heavy atom. The molecule has 0 bridgehead atoms. The second-order valence-electron chi connectivity index (χ2n) is 20.2. The van der Waals surface area contributed by atoms with Crippen LogP contribution in [0.4, 0.5) is 34.1 Å². The van der Waals surface area contributed by atoms with E-state index in [1.54, 1.807) is 0 Å². The Kier molecular flexibility index (Phi) is 11.5. The molecule has 10 aromatic carbocycles. The van der Waals surface area contributed by atoms with Crippen LogP contribution in [0.3, 0.4) is 0 Å². The SMILES string of the molecule is [CH3][Ge]([CH3])([CH3])[c]1ccc(N(c2ccc(-c3ccc4ccc5c(-c6ccc(N(c7cc[c]([Ge]([CH3])([CH3])[CH3])cc7)c7c(O)c(O)c(O)c(O)c7O)cc6)ccc6ccc3c4c65)cc2)c2c(O)c(O)c(O)c(O)c2O)cc1. The first-order valence-corrected chi connectivity index (χ1v) is 37.9. The average molecular weight is 1080 g/mol. The number of hydrogen-bond acceptors (Lipinski definition) is 12. The van der Waals surface area contributed by atoms with Gasteiger partial charge < -0.3 is 0 Å². The molecule has 0 heterocycles. The molecule has 0 saturated carbocycles. The Bertz CT molecular complexity index is 3450. The van der Waals surface area contributed by atoms with E-state index in [0.717, 1.165) is 54.6 Å². The van der Waals surface area contributed by atoms with Gasteiger partial charge in [0.25, 0.3) is 0 Å². The van der Waals surface area contributed by atoms with E-state index in [9.17, 15) is 51.1 Å². The molecule has 0 aliphatic heterocycles. The molecule has 0 spiro atoms. The number of benzene rings is 10. The summed E-state index contributed by atoms with van der Waals surface area (Å²) in [6.07, 6.45) is 0. The van der Waals surface area contributed by atoms with Crippen molar-refractivity contribution in [1.82, 2.24) is 0 Å². The van der Waals surface area contributed by atoms with Crippen molar-refractivity contribution >= 4 is 102 Å². The molecule has 10 N–H and O–H groups in total. The molecule has 0 aliphatic carbocycles. The van der Waals surface area contributed by atoms with Crippen LogP contribution in [0.15, 0.2) is 146 Å². The normalized spacial score (nSPS) is 12.0. The second-order valence-corrected chi connectivity index (χ2v) is 41.5. The van der Waals surface area contributed by atoms with Crippen molar-refractivity contribution in [3.63, 3.8) is 0 Å². The molecule has 0 aromatic heterocycles. The molecular formula is C58H52Ge2N2O10. The Morgan fingerprint density at radius 1 is 0.278 bits per heavy atom. The minimum absolute atomic E-state index is 0.310. The van der Waals surface area contributed by atoms with Crippen molar-refractivity contribution in [1.29, 1.82) is 0 Å². The van der Waals surface area contributed by atoms with Crippen LogP contribution in [0.5, 0.6) is 57.5 Å². The van der Waals surface area contributed by atoms with Gasteiger partial charge in [-0.1, -0.05) is 12.1 Å². The third kappa shape index (κ3) is 7.78. The number of rotatable bonds is 10. The quantitative estimate of drug-likeness (QED) is 0.0269. The predicted octanol–water partition coefficient (Wildman–Crippen LogP) is 13.0. The van der Waals surface area contributed by atoms with Gasteiger partial charge in [-0.2, -0.15) is 0 Å². The summed E-state index contributed by atoms with van der Waals surface area (Å²) in [5.41, 5.74) is 5.08. The molecule has 362 valence electrons. The number of phenols is 10. The summed E-state index contributed by atoms with van der Waals surface area (Å²) in [5.74, 6) is 4.40. The van der Waals surface area contributed by atoms with E-state index in [2.05, 4.69) is 83.1 Å². The van der Waals surface area contributed by atoms with E-state index < -0.39 is 84.0 Å². The summed E-state index contributed by atoms with van der Waals surface area (Å²) in [6, 6.07) is 47.3. The van der Waals surface area contributed by atoms with Crippen molar-refractivity contribution in [2.45, 2.75) is 34.5 Å². The number of phenolic OH excluding ortho intramolecular Hbond substituents is 10. The van der Waals surface area contributed by atoms with Gasteiger partial charge in [-0.3, -0.25) is 0 Å². The van der Waals surface area contributed by atoms with Crippen LogP contribution in [0.1, 0.15) is 0 Å². The van der Waals surface area contributed by atoms with Crippen molar-refractivity contribution in [2.75, 3.05) is 9.80 Å². The fourth-order valence-corrected chi connectivity index (χ4v) is 14.6. The third-order valence-electron chi connectivity index (χ3n) is 13.7. The van der Waals surface area contributed by atoms with Gasteiger partial charge in [-0.25, -0.2) is 0 Å². The Morgan fingerprint density at radius 3 is 0.806 bits per heavy atom. The van der Waals surface area contributed by atoms with E-state index in [0.29, 0.717) is 22.7 Å². The van der Waals surface area contributed by atoms with Crippen LogP contribution in [0.25, 0.3) is 54.6 Å². The van der Waals surface area contributed by atoms with Crippen LogP contribution in [-0.2, 0) is 0 Å². The first-order chi connectivity index (χ1) is 34.1. The van der Waals surface area contributed by atoms with Gasteiger partial charge in [0.1, 0.15) is 0 Å². The van der Waals surface area contributed by atoms with E-state index in [1.165, 1.54) is 18.6 Å². The van der Waals surface area contributed by atoms with Crippen LogP contribution in [-0.4, -0.2) is 77.6 Å². The maximum absolute atomic E-state index is 11.2. The molecule has 0 atom stereocenters. The summed E-state index contributed by atoms with van der Waals surface area (Å²) in [7, 11) is 0. The maximum atomic E-state index is 11.2. The number of nitrogens with zero attached hydrogens (tertiary/aromatic N) is 2. The molecule has 0 aliphatic rings. The van der Waals surface area contributed by atoms with Gasteiger partial charge in [-0.05, 0) is 10.8 Å². The zero-order chi connectivity index (χ0) is 51.3. The Hall–Kier alpha value is -8.07. The number of hydrogen-bond donors (Lipinski definition) is 10. The predicted molar refractivity (Wildman–Crippen MR) is 293 cm³/mol. The van der Waals surface area contributed by atoms with Crippen LogP contribution < -0.4 is 18.6 Å². The van der Waals surface area contributed by atoms with E-state index >= 15 is 0 Å². The second kappa shape index (κ2) is 17.4. The fraction of sp³-hybridized carbons (Fsp3) is 0.103. The van der Waals surface area contributed by atoms with E-state index in [-0.39, 0.29) is 11.4 Å². The zero-order valence-electron chi connectivity index (χ0n) is 40.2. The Balaban J connectivity index is 1.06. The molecule has 10 rings (SSSR count). The summed E-state index contributed by atoms with van der Waals surface area (Å²) in [6.45, 7) is 0. The van der Waals surface area contributed by atoms with Crippen LogP contribution >= 0.6 is 0 Å². The van der Waals surface area contributed by atoms with Crippen LogP contribution in [0, 0.1) is 0 Å². The molecule has 0 saturated heterocycles. The number of aromatic hydroxyl groups is 10. The molecule has 10 aromatic rings. The van der Waals surface area contributed by atoms with Crippen LogP contribution in [0.2, 0.25) is 34.5 Å². The monoisotopic (exact) mass is 1080 g/mol. The van der Waals surface area contributed by atoms with Gasteiger partial charge in [0.2, 0.25) is 0 Å². The van der Waals surface area contributed by atoms with Crippen molar-refractivity contribution in [3.8, 4) is 79.7 Å². The molecular weight excluding hydrogens is 1030 g/mol. The summed E-state index contributed by atoms with van der Waals surface area (Å²) in [5, 5.41) is 114. The minimum atomic E-state index is -2.25. The van der Waals surface area contributed by atoms with E-state index in [1.807, 2.05) is 97.1 Å². The van der Waals surface area contributed by atoms with Crippen molar-refractivity contribution < 1.29 is 51.1 Å². The van der Waals surface area contributed by atoms with Gasteiger partial charge >= 0.3 is 400 Å². The van der Waals surface area contributed by atoms with Gasteiger partial charge in [0.15, 0.2) is 0 Å².